The fraction of sp³-hybridized carbons (Fsp3) is 0.909. The molecule has 0 aromatic carbocycles. The van der Waals surface area contributed by atoms with E-state index in [-0.39, 0.29) is 17.6 Å². The first kappa shape index (κ1) is 17.3. The molecule has 0 aliphatic carbocycles. The molecule has 0 saturated heterocycles. The number of carbonyl (C=O) groups excluding carboxylic acids is 1. The van der Waals surface area contributed by atoms with Gasteiger partial charge in [-0.05, 0) is 33.0 Å². The van der Waals surface area contributed by atoms with Crippen LogP contribution in [0.25, 0.3) is 0 Å². The van der Waals surface area contributed by atoms with Gasteiger partial charge in [0.25, 0.3) is 10.1 Å². The molecule has 1 amide bonds. The Hall–Kier alpha value is -0.660. The van der Waals surface area contributed by atoms with E-state index in [1.807, 2.05) is 25.8 Å². The molecule has 0 aliphatic rings. The van der Waals surface area contributed by atoms with Crippen LogP contribution in [0.5, 0.6) is 0 Å². The van der Waals surface area contributed by atoms with Crippen molar-refractivity contribution >= 4 is 16.0 Å². The lowest BCUT2D eigenvalue weighted by atomic mass is 10.2. The van der Waals surface area contributed by atoms with Crippen LogP contribution < -0.4 is 5.32 Å². The smallest absolute Gasteiger partial charge is 0.264 e. The van der Waals surface area contributed by atoms with Gasteiger partial charge >= 0.3 is 0 Å². The van der Waals surface area contributed by atoms with Gasteiger partial charge in [0.05, 0.1) is 5.75 Å². The van der Waals surface area contributed by atoms with E-state index >= 15 is 0 Å². The van der Waals surface area contributed by atoms with Gasteiger partial charge < -0.3 is 10.2 Å². The maximum absolute atomic E-state index is 11.3. The van der Waals surface area contributed by atoms with Gasteiger partial charge in [-0.2, -0.15) is 8.42 Å². The summed E-state index contributed by atoms with van der Waals surface area (Å²) < 4.78 is 29.6. The molecular weight excluding hydrogens is 256 g/mol. The number of rotatable bonds is 9. The molecule has 0 radical (unpaired) electrons. The Kier molecular flexibility index (Phi) is 8.13. The Morgan fingerprint density at radius 3 is 2.33 bits per heavy atom. The zero-order valence-electron chi connectivity index (χ0n) is 11.3. The van der Waals surface area contributed by atoms with Crippen molar-refractivity contribution in [1.82, 2.24) is 10.2 Å². The molecule has 0 bridgehead atoms. The molecule has 0 saturated carbocycles. The summed E-state index contributed by atoms with van der Waals surface area (Å²) in [7, 11) is -1.97. The van der Waals surface area contributed by atoms with Crippen LogP contribution in [-0.4, -0.2) is 56.2 Å². The average Bonchev–Trinajstić information content (AvgIpc) is 2.22. The highest BCUT2D eigenvalue weighted by atomic mass is 32.2. The Bertz CT molecular complexity index is 341. The van der Waals surface area contributed by atoms with Crippen molar-refractivity contribution in [2.45, 2.75) is 26.7 Å². The predicted octanol–water partition coefficient (Wildman–Crippen LogP) is 0.358. The van der Waals surface area contributed by atoms with Crippen molar-refractivity contribution in [2.75, 3.05) is 32.4 Å². The van der Waals surface area contributed by atoms with Crippen LogP contribution in [-0.2, 0) is 14.9 Å². The highest BCUT2D eigenvalue weighted by Crippen LogP contribution is 1.94. The quantitative estimate of drug-likeness (QED) is 0.470. The lowest BCUT2D eigenvalue weighted by molar-refractivity contribution is -0.123. The molecule has 7 heteroatoms. The maximum atomic E-state index is 11.3. The van der Waals surface area contributed by atoms with Crippen LogP contribution in [0.4, 0.5) is 0 Å². The minimum Gasteiger partial charge on any atom is -0.356 e. The lowest BCUT2D eigenvalue weighted by Crippen LogP contribution is -2.31. The largest absolute Gasteiger partial charge is 0.356 e. The van der Waals surface area contributed by atoms with E-state index in [0.717, 1.165) is 13.0 Å². The normalized spacial score (nSPS) is 12.1. The predicted molar refractivity (Wildman–Crippen MR) is 71.0 cm³/mol. The van der Waals surface area contributed by atoms with Crippen LogP contribution in [0.1, 0.15) is 26.7 Å². The van der Waals surface area contributed by atoms with E-state index in [0.29, 0.717) is 19.5 Å². The summed E-state index contributed by atoms with van der Waals surface area (Å²) in [6, 6.07) is 0. The van der Waals surface area contributed by atoms with Gasteiger partial charge in [0.1, 0.15) is 0 Å². The summed E-state index contributed by atoms with van der Waals surface area (Å²) in [6.45, 7) is 5.70. The number of hydrogen-bond donors (Lipinski definition) is 2. The zero-order chi connectivity index (χ0) is 14.2. The van der Waals surface area contributed by atoms with Crippen LogP contribution in [0, 0.1) is 5.92 Å². The Morgan fingerprint density at radius 1 is 1.28 bits per heavy atom. The van der Waals surface area contributed by atoms with E-state index in [4.69, 9.17) is 4.55 Å². The molecule has 0 heterocycles. The van der Waals surface area contributed by atoms with Crippen molar-refractivity contribution in [2.24, 2.45) is 5.92 Å². The molecular formula is C11H24N2O4S. The van der Waals surface area contributed by atoms with Gasteiger partial charge in [-0.1, -0.05) is 13.8 Å². The minimum atomic E-state index is -3.85. The molecule has 0 spiro atoms. The molecule has 0 fully saturated rings. The second kappa shape index (κ2) is 8.44. The van der Waals surface area contributed by atoms with Gasteiger partial charge in [-0.3, -0.25) is 9.35 Å². The summed E-state index contributed by atoms with van der Waals surface area (Å²) in [6.07, 6.45) is 1.23. The summed E-state index contributed by atoms with van der Waals surface area (Å²) in [4.78, 5) is 13.2. The van der Waals surface area contributed by atoms with Crippen molar-refractivity contribution in [3.05, 3.63) is 0 Å². The summed E-state index contributed by atoms with van der Waals surface area (Å²) in [5, 5.41) is 2.82. The second-order valence-corrected chi connectivity index (χ2v) is 6.31. The average molecular weight is 280 g/mol. The highest BCUT2D eigenvalue weighted by Gasteiger charge is 2.07. The highest BCUT2D eigenvalue weighted by molar-refractivity contribution is 7.85. The van der Waals surface area contributed by atoms with Gasteiger partial charge in [-0.15, -0.1) is 0 Å². The molecule has 0 atom stereocenters. The summed E-state index contributed by atoms with van der Waals surface area (Å²) >= 11 is 0. The van der Waals surface area contributed by atoms with Gasteiger partial charge in [-0.25, -0.2) is 0 Å². The number of carbonyl (C=O) groups is 1. The molecule has 0 unspecified atom stereocenters. The lowest BCUT2D eigenvalue weighted by Gasteiger charge is -2.16. The number of amides is 1. The van der Waals surface area contributed by atoms with E-state index in [1.165, 1.54) is 0 Å². The number of nitrogens with one attached hydrogen (secondary N) is 1. The molecule has 2 N–H and O–H groups in total. The summed E-state index contributed by atoms with van der Waals surface area (Å²) in [5.41, 5.74) is 0. The van der Waals surface area contributed by atoms with E-state index in [1.54, 1.807) is 0 Å². The summed E-state index contributed by atoms with van der Waals surface area (Å²) in [5.74, 6) is -0.164. The van der Waals surface area contributed by atoms with Gasteiger partial charge in [0, 0.05) is 12.5 Å². The topological polar surface area (TPSA) is 86.7 Å². The fourth-order valence-electron chi connectivity index (χ4n) is 1.39. The van der Waals surface area contributed by atoms with Crippen molar-refractivity contribution < 1.29 is 17.8 Å². The van der Waals surface area contributed by atoms with Crippen LogP contribution in [0.15, 0.2) is 0 Å². The number of nitrogens with zero attached hydrogens (tertiary/aromatic N) is 1. The number of hydrogen-bond acceptors (Lipinski definition) is 4. The monoisotopic (exact) mass is 280 g/mol. The molecule has 18 heavy (non-hydrogen) atoms. The SMILES string of the molecule is CC(C)C(=O)NCCCN(C)CCCS(=O)(=O)O. The van der Waals surface area contributed by atoms with E-state index in [9.17, 15) is 13.2 Å². The Morgan fingerprint density at radius 2 is 1.83 bits per heavy atom. The third kappa shape index (κ3) is 10.5. The first-order chi connectivity index (χ1) is 8.22. The molecule has 0 aromatic rings. The van der Waals surface area contributed by atoms with Gasteiger partial charge in [0.2, 0.25) is 5.91 Å². The third-order valence-corrected chi connectivity index (χ3v) is 3.29. The van der Waals surface area contributed by atoms with E-state index < -0.39 is 10.1 Å². The molecule has 0 aromatic heterocycles. The zero-order valence-corrected chi connectivity index (χ0v) is 12.2. The minimum absolute atomic E-state index is 0.00232. The molecule has 0 aliphatic heterocycles. The fourth-order valence-corrected chi connectivity index (χ4v) is 1.89. The Labute approximate surface area is 109 Å². The molecule has 108 valence electrons. The van der Waals surface area contributed by atoms with Crippen molar-refractivity contribution in [3.8, 4) is 0 Å². The van der Waals surface area contributed by atoms with Crippen LogP contribution in [0.2, 0.25) is 0 Å². The molecule has 6 nitrogen and oxygen atoms in total. The third-order valence-electron chi connectivity index (χ3n) is 2.48. The second-order valence-electron chi connectivity index (χ2n) is 4.74. The van der Waals surface area contributed by atoms with Crippen molar-refractivity contribution in [3.63, 3.8) is 0 Å². The van der Waals surface area contributed by atoms with E-state index in [2.05, 4.69) is 5.32 Å². The standard InChI is InChI=1S/C11H24N2O4S/c1-10(2)11(14)12-6-4-7-13(3)8-5-9-18(15,16)17/h10H,4-9H2,1-3H3,(H,12,14)(H,15,16,17). The van der Waals surface area contributed by atoms with Crippen LogP contribution in [0.3, 0.4) is 0 Å². The first-order valence-corrected chi connectivity index (χ1v) is 7.74. The van der Waals surface area contributed by atoms with Crippen LogP contribution >= 0.6 is 0 Å². The van der Waals surface area contributed by atoms with Crippen molar-refractivity contribution in [1.29, 1.82) is 0 Å². The van der Waals surface area contributed by atoms with Gasteiger partial charge in [0.15, 0.2) is 0 Å². The first-order valence-electron chi connectivity index (χ1n) is 6.14. The Balaban J connectivity index is 3.54. The molecule has 0 rings (SSSR count). The maximum Gasteiger partial charge on any atom is 0.264 e.